The van der Waals surface area contributed by atoms with E-state index in [1.54, 1.807) is 36.1 Å². The number of carbonyl (C=O) groups excluding carboxylic acids is 2. The standard InChI is InChI=1S/C19H23N5O3/c1-14(25)23-9-11-24(12-10-23)18(26)17-7-8-20-19(22-17)21-13-15-3-5-16(27-2)6-4-15/h3-8H,9-13H2,1-2H3,(H,20,21,22). The molecule has 0 atom stereocenters. The molecule has 3 rings (SSSR count). The van der Waals surface area contributed by atoms with E-state index in [1.165, 1.54) is 0 Å². The van der Waals surface area contributed by atoms with Crippen LogP contribution in [0.4, 0.5) is 5.95 Å². The van der Waals surface area contributed by atoms with Crippen LogP contribution in [0.3, 0.4) is 0 Å². The van der Waals surface area contributed by atoms with Crippen molar-refractivity contribution in [3.8, 4) is 5.75 Å². The molecule has 0 spiro atoms. The summed E-state index contributed by atoms with van der Waals surface area (Å²) in [5.74, 6) is 1.09. The number of anilines is 1. The van der Waals surface area contributed by atoms with E-state index in [1.807, 2.05) is 24.3 Å². The Hall–Kier alpha value is -3.16. The maximum atomic E-state index is 12.7. The van der Waals surface area contributed by atoms with Crippen molar-refractivity contribution in [1.29, 1.82) is 0 Å². The molecule has 2 aromatic rings. The van der Waals surface area contributed by atoms with Crippen LogP contribution in [0.1, 0.15) is 23.0 Å². The molecule has 2 heterocycles. The van der Waals surface area contributed by atoms with Crippen LogP contribution >= 0.6 is 0 Å². The Labute approximate surface area is 158 Å². The van der Waals surface area contributed by atoms with Crippen LogP contribution in [0.2, 0.25) is 0 Å². The van der Waals surface area contributed by atoms with Gasteiger partial charge in [-0.25, -0.2) is 9.97 Å². The molecule has 2 amide bonds. The van der Waals surface area contributed by atoms with Gasteiger partial charge in [0.2, 0.25) is 11.9 Å². The molecule has 0 unspecified atom stereocenters. The Kier molecular flexibility index (Phi) is 5.85. The third-order valence-corrected chi connectivity index (χ3v) is 4.50. The summed E-state index contributed by atoms with van der Waals surface area (Å²) in [4.78, 5) is 36.0. The van der Waals surface area contributed by atoms with Crippen LogP contribution in [0.25, 0.3) is 0 Å². The summed E-state index contributed by atoms with van der Waals surface area (Å²) in [5, 5.41) is 3.13. The number of aromatic nitrogens is 2. The first kappa shape index (κ1) is 18.6. The highest BCUT2D eigenvalue weighted by atomic mass is 16.5. The van der Waals surface area contributed by atoms with Crippen LogP contribution in [0, 0.1) is 0 Å². The minimum absolute atomic E-state index is 0.0363. The van der Waals surface area contributed by atoms with E-state index in [-0.39, 0.29) is 11.8 Å². The van der Waals surface area contributed by atoms with Gasteiger partial charge in [0.05, 0.1) is 7.11 Å². The van der Waals surface area contributed by atoms with E-state index in [2.05, 4.69) is 15.3 Å². The van der Waals surface area contributed by atoms with E-state index in [0.717, 1.165) is 11.3 Å². The van der Waals surface area contributed by atoms with Crippen molar-refractivity contribution < 1.29 is 14.3 Å². The summed E-state index contributed by atoms with van der Waals surface area (Å²) < 4.78 is 5.14. The van der Waals surface area contributed by atoms with Crippen molar-refractivity contribution in [2.75, 3.05) is 38.6 Å². The van der Waals surface area contributed by atoms with E-state index < -0.39 is 0 Å². The molecule has 1 aromatic carbocycles. The molecule has 1 aromatic heterocycles. The predicted molar refractivity (Wildman–Crippen MR) is 101 cm³/mol. The number of nitrogens with one attached hydrogen (secondary N) is 1. The summed E-state index contributed by atoms with van der Waals surface area (Å²) >= 11 is 0. The minimum atomic E-state index is -0.145. The lowest BCUT2D eigenvalue weighted by molar-refractivity contribution is -0.130. The molecule has 1 saturated heterocycles. The van der Waals surface area contributed by atoms with Gasteiger partial charge in [-0.1, -0.05) is 12.1 Å². The van der Waals surface area contributed by atoms with Crippen LogP contribution in [0.5, 0.6) is 5.75 Å². The first-order chi connectivity index (χ1) is 13.1. The third-order valence-electron chi connectivity index (χ3n) is 4.50. The van der Waals surface area contributed by atoms with Gasteiger partial charge in [-0.15, -0.1) is 0 Å². The molecular weight excluding hydrogens is 346 g/mol. The van der Waals surface area contributed by atoms with Crippen molar-refractivity contribution in [2.45, 2.75) is 13.5 Å². The number of hydrogen-bond acceptors (Lipinski definition) is 6. The van der Waals surface area contributed by atoms with Crippen molar-refractivity contribution in [2.24, 2.45) is 0 Å². The molecule has 0 radical (unpaired) electrons. The molecule has 0 saturated carbocycles. The zero-order chi connectivity index (χ0) is 19.2. The summed E-state index contributed by atoms with van der Waals surface area (Å²) in [6.07, 6.45) is 1.57. The maximum Gasteiger partial charge on any atom is 0.272 e. The number of hydrogen-bond donors (Lipinski definition) is 1. The van der Waals surface area contributed by atoms with E-state index in [4.69, 9.17) is 4.74 Å². The summed E-state index contributed by atoms with van der Waals surface area (Å²) in [6, 6.07) is 9.29. The van der Waals surface area contributed by atoms with Crippen LogP contribution < -0.4 is 10.1 Å². The average molecular weight is 369 g/mol. The predicted octanol–water partition coefficient (Wildman–Crippen LogP) is 1.40. The van der Waals surface area contributed by atoms with Gasteiger partial charge in [0, 0.05) is 45.8 Å². The quantitative estimate of drug-likeness (QED) is 0.857. The highest BCUT2D eigenvalue weighted by molar-refractivity contribution is 5.92. The number of carbonyl (C=O) groups is 2. The lowest BCUT2D eigenvalue weighted by Gasteiger charge is -2.34. The molecular formula is C19H23N5O3. The fourth-order valence-corrected chi connectivity index (χ4v) is 2.87. The number of nitrogens with zero attached hydrogens (tertiary/aromatic N) is 4. The van der Waals surface area contributed by atoms with Crippen LogP contribution in [-0.2, 0) is 11.3 Å². The number of methoxy groups -OCH3 is 1. The fourth-order valence-electron chi connectivity index (χ4n) is 2.87. The summed E-state index contributed by atoms with van der Waals surface area (Å²) in [5.41, 5.74) is 1.40. The normalized spacial score (nSPS) is 14.0. The van der Waals surface area contributed by atoms with Crippen molar-refractivity contribution in [1.82, 2.24) is 19.8 Å². The van der Waals surface area contributed by atoms with Crippen molar-refractivity contribution in [3.63, 3.8) is 0 Å². The van der Waals surface area contributed by atoms with Gasteiger partial charge in [0.1, 0.15) is 11.4 Å². The van der Waals surface area contributed by atoms with E-state index in [0.29, 0.717) is 44.4 Å². The zero-order valence-corrected chi connectivity index (χ0v) is 15.5. The SMILES string of the molecule is COc1ccc(CNc2nccc(C(=O)N3CCN(C(C)=O)CC3)n2)cc1. The van der Waals surface area contributed by atoms with Gasteiger partial charge in [-0.3, -0.25) is 9.59 Å². The second-order valence-corrected chi connectivity index (χ2v) is 6.27. The highest BCUT2D eigenvalue weighted by Crippen LogP contribution is 2.13. The second-order valence-electron chi connectivity index (χ2n) is 6.27. The second kappa shape index (κ2) is 8.48. The number of ether oxygens (including phenoxy) is 1. The number of rotatable bonds is 5. The first-order valence-corrected chi connectivity index (χ1v) is 8.81. The molecule has 0 aliphatic carbocycles. The van der Waals surface area contributed by atoms with Gasteiger partial charge < -0.3 is 19.9 Å². The van der Waals surface area contributed by atoms with E-state index >= 15 is 0 Å². The Bertz CT molecular complexity index is 801. The van der Waals surface area contributed by atoms with E-state index in [9.17, 15) is 9.59 Å². The summed E-state index contributed by atoms with van der Waals surface area (Å²) in [6.45, 7) is 4.21. The molecule has 142 valence electrons. The summed E-state index contributed by atoms with van der Waals surface area (Å²) in [7, 11) is 1.63. The zero-order valence-electron chi connectivity index (χ0n) is 15.5. The average Bonchev–Trinajstić information content (AvgIpc) is 2.72. The number of benzene rings is 1. The number of amides is 2. The molecule has 1 aliphatic rings. The van der Waals surface area contributed by atoms with Gasteiger partial charge in [-0.05, 0) is 23.8 Å². The Morgan fingerprint density at radius 1 is 1.07 bits per heavy atom. The Morgan fingerprint density at radius 3 is 2.37 bits per heavy atom. The van der Waals surface area contributed by atoms with Crippen LogP contribution in [0.15, 0.2) is 36.5 Å². The Morgan fingerprint density at radius 2 is 1.74 bits per heavy atom. The smallest absolute Gasteiger partial charge is 0.272 e. The van der Waals surface area contributed by atoms with Gasteiger partial charge in [0.15, 0.2) is 0 Å². The maximum absolute atomic E-state index is 12.7. The van der Waals surface area contributed by atoms with Crippen molar-refractivity contribution in [3.05, 3.63) is 47.8 Å². The Balaban J connectivity index is 1.59. The topological polar surface area (TPSA) is 87.7 Å². The molecule has 8 heteroatoms. The third kappa shape index (κ3) is 4.72. The first-order valence-electron chi connectivity index (χ1n) is 8.81. The monoisotopic (exact) mass is 369 g/mol. The minimum Gasteiger partial charge on any atom is -0.497 e. The van der Waals surface area contributed by atoms with Gasteiger partial charge >= 0.3 is 0 Å². The number of piperazine rings is 1. The van der Waals surface area contributed by atoms with Gasteiger partial charge in [0.25, 0.3) is 5.91 Å². The van der Waals surface area contributed by atoms with Crippen molar-refractivity contribution >= 4 is 17.8 Å². The molecule has 1 N–H and O–H groups in total. The lowest BCUT2D eigenvalue weighted by Crippen LogP contribution is -2.50. The largest absolute Gasteiger partial charge is 0.497 e. The van der Waals surface area contributed by atoms with Crippen LogP contribution in [-0.4, -0.2) is 64.9 Å². The fraction of sp³-hybridized carbons (Fsp3) is 0.368. The molecule has 1 aliphatic heterocycles. The molecule has 0 bridgehead atoms. The highest BCUT2D eigenvalue weighted by Gasteiger charge is 2.24. The molecule has 1 fully saturated rings. The lowest BCUT2D eigenvalue weighted by atomic mass is 10.2. The molecule has 8 nitrogen and oxygen atoms in total. The van der Waals surface area contributed by atoms with Gasteiger partial charge in [-0.2, -0.15) is 0 Å². The molecule has 27 heavy (non-hydrogen) atoms.